The van der Waals surface area contributed by atoms with Crippen LogP contribution in [0.5, 0.6) is 5.75 Å². The van der Waals surface area contributed by atoms with Gasteiger partial charge in [-0.25, -0.2) is 13.2 Å². The second-order valence-corrected chi connectivity index (χ2v) is 5.50. The predicted octanol–water partition coefficient (Wildman–Crippen LogP) is 1.43. The van der Waals surface area contributed by atoms with Gasteiger partial charge in [0.2, 0.25) is 4.90 Å². The first kappa shape index (κ1) is 11.0. The Morgan fingerprint density at radius 3 is 2.50 bits per heavy atom. The van der Waals surface area contributed by atoms with Crippen LogP contribution in [-0.4, -0.2) is 13.5 Å². The van der Waals surface area contributed by atoms with Crippen LogP contribution in [-0.2, 0) is 9.05 Å². The van der Waals surface area contributed by atoms with Crippen LogP contribution >= 0.6 is 10.7 Å². The van der Waals surface area contributed by atoms with E-state index in [0.29, 0.717) is 0 Å². The van der Waals surface area contributed by atoms with E-state index in [4.69, 9.17) is 15.1 Å². The number of fused-ring (bicyclic) bond motifs is 1. The van der Waals surface area contributed by atoms with Crippen molar-refractivity contribution >= 4 is 30.7 Å². The summed E-state index contributed by atoms with van der Waals surface area (Å²) in [5.41, 5.74) is -1.10. The van der Waals surface area contributed by atoms with Crippen molar-refractivity contribution in [3.8, 4) is 5.75 Å². The van der Waals surface area contributed by atoms with Crippen LogP contribution in [0.1, 0.15) is 0 Å². The lowest BCUT2D eigenvalue weighted by Crippen LogP contribution is -2.10. The maximum Gasteiger partial charge on any atom is 0.360 e. The number of halogens is 1. The molecule has 0 spiro atoms. The van der Waals surface area contributed by atoms with Gasteiger partial charge in [-0.15, -0.1) is 0 Å². The topological polar surface area (TPSA) is 84.6 Å². The monoisotopic (exact) mass is 260 g/mol. The first-order valence-electron chi connectivity index (χ1n) is 4.11. The third kappa shape index (κ3) is 1.66. The number of benzene rings is 1. The molecule has 0 atom stereocenters. The SMILES string of the molecule is O=c1oc2ccccc2c(O)c1S(=O)(=O)Cl. The summed E-state index contributed by atoms with van der Waals surface area (Å²) in [4.78, 5) is 10.4. The van der Waals surface area contributed by atoms with Gasteiger partial charge >= 0.3 is 5.63 Å². The minimum atomic E-state index is -4.34. The van der Waals surface area contributed by atoms with Crippen molar-refractivity contribution in [2.45, 2.75) is 4.90 Å². The van der Waals surface area contributed by atoms with Crippen molar-refractivity contribution in [3.05, 3.63) is 34.7 Å². The highest BCUT2D eigenvalue weighted by Gasteiger charge is 2.24. The van der Waals surface area contributed by atoms with Crippen LogP contribution < -0.4 is 5.63 Å². The fraction of sp³-hybridized carbons (Fsp3) is 0. The average molecular weight is 261 g/mol. The summed E-state index contributed by atoms with van der Waals surface area (Å²) in [5, 5.41) is 9.75. The van der Waals surface area contributed by atoms with E-state index in [-0.39, 0.29) is 11.0 Å². The van der Waals surface area contributed by atoms with Crippen molar-refractivity contribution in [2.75, 3.05) is 0 Å². The molecule has 0 fully saturated rings. The second-order valence-electron chi connectivity index (χ2n) is 3.00. The maximum atomic E-state index is 11.3. The molecule has 16 heavy (non-hydrogen) atoms. The molecule has 1 N–H and O–H groups in total. The van der Waals surface area contributed by atoms with E-state index < -0.39 is 25.3 Å². The zero-order chi connectivity index (χ0) is 11.9. The van der Waals surface area contributed by atoms with Gasteiger partial charge in [0.15, 0.2) is 5.75 Å². The van der Waals surface area contributed by atoms with E-state index in [2.05, 4.69) is 0 Å². The molecule has 0 amide bonds. The van der Waals surface area contributed by atoms with E-state index in [1.54, 1.807) is 12.1 Å². The van der Waals surface area contributed by atoms with E-state index >= 15 is 0 Å². The third-order valence-corrected chi connectivity index (χ3v) is 3.30. The minimum Gasteiger partial charge on any atom is -0.505 e. The maximum absolute atomic E-state index is 11.3. The summed E-state index contributed by atoms with van der Waals surface area (Å²) in [6.07, 6.45) is 0. The fourth-order valence-corrected chi connectivity index (χ4v) is 2.32. The summed E-state index contributed by atoms with van der Waals surface area (Å²) in [6, 6.07) is 5.99. The van der Waals surface area contributed by atoms with E-state index in [1.165, 1.54) is 12.1 Å². The van der Waals surface area contributed by atoms with Gasteiger partial charge in [0.25, 0.3) is 9.05 Å². The molecule has 0 saturated carbocycles. The normalized spacial score (nSPS) is 11.8. The van der Waals surface area contributed by atoms with E-state index in [0.717, 1.165) is 0 Å². The molecule has 1 aromatic heterocycles. The molecule has 1 aromatic carbocycles. The van der Waals surface area contributed by atoms with Crippen molar-refractivity contribution in [1.29, 1.82) is 0 Å². The number of hydrogen-bond acceptors (Lipinski definition) is 5. The van der Waals surface area contributed by atoms with Crippen LogP contribution in [0.25, 0.3) is 11.0 Å². The highest BCUT2D eigenvalue weighted by molar-refractivity contribution is 8.13. The fourth-order valence-electron chi connectivity index (χ4n) is 1.33. The van der Waals surface area contributed by atoms with Crippen LogP contribution in [0.3, 0.4) is 0 Å². The Morgan fingerprint density at radius 2 is 1.88 bits per heavy atom. The quantitative estimate of drug-likeness (QED) is 0.619. The molecule has 0 aliphatic carbocycles. The van der Waals surface area contributed by atoms with E-state index in [1.807, 2.05) is 0 Å². The van der Waals surface area contributed by atoms with Crippen LogP contribution in [0.15, 0.2) is 38.4 Å². The summed E-state index contributed by atoms with van der Waals surface area (Å²) in [7, 11) is 0.682. The molecule has 2 rings (SSSR count). The summed E-state index contributed by atoms with van der Waals surface area (Å²) < 4.78 is 26.8. The Balaban J connectivity index is 3.04. The number of rotatable bonds is 1. The Kier molecular flexibility index (Phi) is 2.40. The van der Waals surface area contributed by atoms with Crippen molar-refractivity contribution in [3.63, 3.8) is 0 Å². The minimum absolute atomic E-state index is 0.0917. The molecule has 0 aliphatic heterocycles. The van der Waals surface area contributed by atoms with Gasteiger partial charge in [-0.2, -0.15) is 0 Å². The Labute approximate surface area is 94.3 Å². The predicted molar refractivity (Wildman–Crippen MR) is 57.2 cm³/mol. The Morgan fingerprint density at radius 1 is 1.25 bits per heavy atom. The molecule has 2 aromatic rings. The molecule has 0 bridgehead atoms. The average Bonchev–Trinajstić information content (AvgIpc) is 2.15. The lowest BCUT2D eigenvalue weighted by molar-refractivity contribution is 0.443. The number of aromatic hydroxyl groups is 1. The van der Waals surface area contributed by atoms with Gasteiger partial charge in [-0.3, -0.25) is 0 Å². The molecular weight excluding hydrogens is 256 g/mol. The lowest BCUT2D eigenvalue weighted by Gasteiger charge is -2.02. The van der Waals surface area contributed by atoms with Crippen molar-refractivity contribution in [1.82, 2.24) is 0 Å². The van der Waals surface area contributed by atoms with E-state index in [9.17, 15) is 18.3 Å². The molecule has 0 radical (unpaired) electrons. The van der Waals surface area contributed by atoms with Gasteiger partial charge in [0.05, 0.1) is 5.39 Å². The van der Waals surface area contributed by atoms with Gasteiger partial charge in [-0.05, 0) is 12.1 Å². The van der Waals surface area contributed by atoms with Crippen LogP contribution in [0.2, 0.25) is 0 Å². The number of para-hydroxylation sites is 1. The molecule has 0 aliphatic rings. The summed E-state index contributed by atoms with van der Waals surface area (Å²) in [6.45, 7) is 0. The molecule has 5 nitrogen and oxygen atoms in total. The lowest BCUT2D eigenvalue weighted by atomic mass is 10.2. The Hall–Kier alpha value is -1.53. The smallest absolute Gasteiger partial charge is 0.360 e. The molecular formula is C9H5ClO5S. The van der Waals surface area contributed by atoms with Crippen molar-refractivity contribution in [2.24, 2.45) is 0 Å². The molecule has 0 unspecified atom stereocenters. The largest absolute Gasteiger partial charge is 0.505 e. The third-order valence-electron chi connectivity index (χ3n) is 1.99. The zero-order valence-electron chi connectivity index (χ0n) is 7.68. The Bertz CT molecular complexity index is 716. The molecule has 7 heteroatoms. The highest BCUT2D eigenvalue weighted by Crippen LogP contribution is 2.30. The standard InChI is InChI=1S/C9H5ClO5S/c10-16(13,14)8-7(11)5-3-1-2-4-6(5)15-9(8)12/h1-4,11H. The molecule has 84 valence electrons. The summed E-state index contributed by atoms with van der Waals surface area (Å²) >= 11 is 0. The van der Waals surface area contributed by atoms with Gasteiger partial charge < -0.3 is 9.52 Å². The van der Waals surface area contributed by atoms with Gasteiger partial charge in [0, 0.05) is 10.7 Å². The van der Waals surface area contributed by atoms with Crippen LogP contribution in [0.4, 0.5) is 0 Å². The van der Waals surface area contributed by atoms with Gasteiger partial charge in [-0.1, -0.05) is 12.1 Å². The van der Waals surface area contributed by atoms with Crippen LogP contribution in [0, 0.1) is 0 Å². The second kappa shape index (κ2) is 3.50. The first-order valence-corrected chi connectivity index (χ1v) is 6.41. The first-order chi connectivity index (χ1) is 7.41. The molecule has 0 saturated heterocycles. The van der Waals surface area contributed by atoms with Crippen molar-refractivity contribution < 1.29 is 17.9 Å². The highest BCUT2D eigenvalue weighted by atomic mass is 35.7. The zero-order valence-corrected chi connectivity index (χ0v) is 9.25. The summed E-state index contributed by atoms with van der Waals surface area (Å²) in [5.74, 6) is -0.693. The van der Waals surface area contributed by atoms with Gasteiger partial charge in [0.1, 0.15) is 5.58 Å². The molecule has 1 heterocycles. The number of hydrogen-bond donors (Lipinski definition) is 1.